The summed E-state index contributed by atoms with van der Waals surface area (Å²) in [5.41, 5.74) is 1.65. The van der Waals surface area contributed by atoms with E-state index >= 15 is 0 Å². The first-order valence-electron chi connectivity index (χ1n) is 8.02. The number of nitrogens with zero attached hydrogens (tertiary/aromatic N) is 1. The van der Waals surface area contributed by atoms with Crippen LogP contribution in [0, 0.1) is 6.92 Å². The van der Waals surface area contributed by atoms with Crippen molar-refractivity contribution < 1.29 is 13.2 Å². The summed E-state index contributed by atoms with van der Waals surface area (Å²) >= 11 is 5.99. The maximum Gasteiger partial charge on any atom is 0.243 e. The number of hydrogen-bond acceptors (Lipinski definition) is 3. The standard InChI is InChI=1S/C19H21ClN2O3S/c1-3-11-21-19(23)14-22(13-16-5-4-6-17(20)12-16)26(24,25)18-9-7-15(2)8-10-18/h3-10,12H,1,11,13-14H2,2H3,(H,21,23). The van der Waals surface area contributed by atoms with Gasteiger partial charge in [0.2, 0.25) is 15.9 Å². The summed E-state index contributed by atoms with van der Waals surface area (Å²) in [4.78, 5) is 12.3. The van der Waals surface area contributed by atoms with E-state index < -0.39 is 15.9 Å². The Bertz CT molecular complexity index is 880. The minimum atomic E-state index is -3.85. The highest BCUT2D eigenvalue weighted by Gasteiger charge is 2.26. The van der Waals surface area contributed by atoms with E-state index in [0.29, 0.717) is 10.6 Å². The average molecular weight is 393 g/mol. The second-order valence-electron chi connectivity index (χ2n) is 5.81. The maximum absolute atomic E-state index is 13.0. The van der Waals surface area contributed by atoms with Gasteiger partial charge in [-0.15, -0.1) is 6.58 Å². The zero-order chi connectivity index (χ0) is 19.2. The summed E-state index contributed by atoms with van der Waals surface area (Å²) in [6.45, 7) is 5.43. The van der Waals surface area contributed by atoms with Crippen LogP contribution < -0.4 is 5.32 Å². The van der Waals surface area contributed by atoms with Gasteiger partial charge < -0.3 is 5.32 Å². The molecule has 7 heteroatoms. The van der Waals surface area contributed by atoms with Gasteiger partial charge in [-0.2, -0.15) is 4.31 Å². The number of aryl methyl sites for hydroxylation is 1. The fraction of sp³-hybridized carbons (Fsp3) is 0.211. The minimum absolute atomic E-state index is 0.0400. The van der Waals surface area contributed by atoms with Gasteiger partial charge in [-0.25, -0.2) is 8.42 Å². The molecule has 2 aromatic rings. The molecule has 0 spiro atoms. The van der Waals surface area contributed by atoms with Gasteiger partial charge in [-0.05, 0) is 36.8 Å². The van der Waals surface area contributed by atoms with Crippen molar-refractivity contribution in [2.75, 3.05) is 13.1 Å². The number of nitrogens with one attached hydrogen (secondary N) is 1. The third-order valence-electron chi connectivity index (χ3n) is 3.67. The normalized spacial score (nSPS) is 11.3. The van der Waals surface area contributed by atoms with Gasteiger partial charge in [0.05, 0.1) is 11.4 Å². The number of rotatable bonds is 8. The van der Waals surface area contributed by atoms with Crippen molar-refractivity contribution in [3.05, 3.63) is 77.3 Å². The molecule has 0 unspecified atom stereocenters. The SMILES string of the molecule is C=CCNC(=O)CN(Cc1cccc(Cl)c1)S(=O)(=O)c1ccc(C)cc1. The number of sulfonamides is 1. The largest absolute Gasteiger partial charge is 0.351 e. The molecule has 26 heavy (non-hydrogen) atoms. The molecule has 1 N–H and O–H groups in total. The van der Waals surface area contributed by atoms with E-state index in [1.165, 1.54) is 18.2 Å². The molecule has 5 nitrogen and oxygen atoms in total. The first-order chi connectivity index (χ1) is 12.3. The van der Waals surface area contributed by atoms with Crippen molar-refractivity contribution in [3.8, 4) is 0 Å². The van der Waals surface area contributed by atoms with Crippen LogP contribution in [0.3, 0.4) is 0 Å². The predicted octanol–water partition coefficient (Wildman–Crippen LogP) is 3.14. The molecule has 0 aromatic heterocycles. The molecule has 0 aliphatic carbocycles. The molecule has 0 atom stereocenters. The Morgan fingerprint density at radius 2 is 1.92 bits per heavy atom. The van der Waals surface area contributed by atoms with Crippen LogP contribution in [0.15, 0.2) is 66.1 Å². The highest BCUT2D eigenvalue weighted by Crippen LogP contribution is 2.20. The molecule has 0 fully saturated rings. The Hall–Kier alpha value is -2.15. The molecule has 0 aliphatic rings. The van der Waals surface area contributed by atoms with Gasteiger partial charge in [-0.3, -0.25) is 4.79 Å². The lowest BCUT2D eigenvalue weighted by molar-refractivity contribution is -0.121. The molecule has 0 heterocycles. The van der Waals surface area contributed by atoms with E-state index in [2.05, 4.69) is 11.9 Å². The summed E-state index contributed by atoms with van der Waals surface area (Å²) in [5, 5.41) is 3.11. The Kier molecular flexibility index (Phi) is 6.97. The number of halogens is 1. The van der Waals surface area contributed by atoms with Gasteiger partial charge in [-0.1, -0.05) is 47.5 Å². The summed E-state index contributed by atoms with van der Waals surface area (Å²) in [6.07, 6.45) is 1.54. The van der Waals surface area contributed by atoms with Crippen molar-refractivity contribution in [2.45, 2.75) is 18.4 Å². The molecule has 138 valence electrons. The van der Waals surface area contributed by atoms with E-state index in [4.69, 9.17) is 11.6 Å². The number of carbonyl (C=O) groups is 1. The van der Waals surface area contributed by atoms with E-state index in [-0.39, 0.29) is 24.5 Å². The van der Waals surface area contributed by atoms with Crippen molar-refractivity contribution in [2.24, 2.45) is 0 Å². The van der Waals surface area contributed by atoms with Gasteiger partial charge in [0.25, 0.3) is 0 Å². The van der Waals surface area contributed by atoms with Gasteiger partial charge >= 0.3 is 0 Å². The number of benzene rings is 2. The third kappa shape index (κ3) is 5.42. The second-order valence-corrected chi connectivity index (χ2v) is 8.18. The smallest absolute Gasteiger partial charge is 0.243 e. The molecule has 0 saturated heterocycles. The molecule has 0 bridgehead atoms. The predicted molar refractivity (Wildman–Crippen MR) is 103 cm³/mol. The molecule has 0 saturated carbocycles. The first kappa shape index (κ1) is 20.2. The lowest BCUT2D eigenvalue weighted by Crippen LogP contribution is -2.40. The van der Waals surface area contributed by atoms with Crippen LogP contribution in [0.1, 0.15) is 11.1 Å². The van der Waals surface area contributed by atoms with Crippen LogP contribution in [0.25, 0.3) is 0 Å². The minimum Gasteiger partial charge on any atom is -0.351 e. The summed E-state index contributed by atoms with van der Waals surface area (Å²) in [5.74, 6) is -0.400. The Balaban J connectivity index is 2.33. The highest BCUT2D eigenvalue weighted by molar-refractivity contribution is 7.89. The number of hydrogen-bond donors (Lipinski definition) is 1. The second kappa shape index (κ2) is 8.98. The van der Waals surface area contributed by atoms with Crippen LogP contribution in [-0.4, -0.2) is 31.7 Å². The van der Waals surface area contributed by atoms with Crippen LogP contribution in [0.4, 0.5) is 0 Å². The van der Waals surface area contributed by atoms with Gasteiger partial charge in [0.1, 0.15) is 0 Å². The van der Waals surface area contributed by atoms with E-state index in [9.17, 15) is 13.2 Å². The van der Waals surface area contributed by atoms with Crippen LogP contribution in [-0.2, 0) is 21.4 Å². The first-order valence-corrected chi connectivity index (χ1v) is 9.83. The van der Waals surface area contributed by atoms with E-state index in [1.54, 1.807) is 36.4 Å². The zero-order valence-electron chi connectivity index (χ0n) is 14.5. The lowest BCUT2D eigenvalue weighted by Gasteiger charge is -2.22. The zero-order valence-corrected chi connectivity index (χ0v) is 16.1. The Morgan fingerprint density at radius 3 is 2.54 bits per heavy atom. The van der Waals surface area contributed by atoms with E-state index in [1.807, 2.05) is 6.92 Å². The summed E-state index contributed by atoms with van der Waals surface area (Å²) in [6, 6.07) is 13.4. The van der Waals surface area contributed by atoms with Crippen molar-refractivity contribution >= 4 is 27.5 Å². The van der Waals surface area contributed by atoms with Crippen LogP contribution in [0.5, 0.6) is 0 Å². The van der Waals surface area contributed by atoms with Crippen molar-refractivity contribution in [3.63, 3.8) is 0 Å². The molecule has 1 amide bonds. The molecule has 2 rings (SSSR count). The van der Waals surface area contributed by atoms with Gasteiger partial charge in [0.15, 0.2) is 0 Å². The molecule has 2 aromatic carbocycles. The van der Waals surface area contributed by atoms with Crippen molar-refractivity contribution in [1.29, 1.82) is 0 Å². The van der Waals surface area contributed by atoms with Gasteiger partial charge in [0, 0.05) is 18.1 Å². The fourth-order valence-electron chi connectivity index (χ4n) is 2.33. The molecular formula is C19H21ClN2O3S. The van der Waals surface area contributed by atoms with Crippen molar-refractivity contribution in [1.82, 2.24) is 9.62 Å². The summed E-state index contributed by atoms with van der Waals surface area (Å²) < 4.78 is 27.2. The number of carbonyl (C=O) groups excluding carboxylic acids is 1. The maximum atomic E-state index is 13.0. The number of amides is 1. The molecular weight excluding hydrogens is 372 g/mol. The monoisotopic (exact) mass is 392 g/mol. The summed E-state index contributed by atoms with van der Waals surface area (Å²) in [7, 11) is -3.85. The quantitative estimate of drug-likeness (QED) is 0.702. The average Bonchev–Trinajstić information content (AvgIpc) is 2.60. The molecule has 0 aliphatic heterocycles. The molecule has 0 radical (unpaired) electrons. The lowest BCUT2D eigenvalue weighted by atomic mass is 10.2. The highest BCUT2D eigenvalue weighted by atomic mass is 35.5. The topological polar surface area (TPSA) is 66.5 Å². The van der Waals surface area contributed by atoms with Crippen LogP contribution in [0.2, 0.25) is 5.02 Å². The Labute approximate surface area is 159 Å². The Morgan fingerprint density at radius 1 is 1.23 bits per heavy atom. The third-order valence-corrected chi connectivity index (χ3v) is 5.71. The van der Waals surface area contributed by atoms with E-state index in [0.717, 1.165) is 9.87 Å². The fourth-order valence-corrected chi connectivity index (χ4v) is 3.92. The van der Waals surface area contributed by atoms with Crippen LogP contribution >= 0.6 is 11.6 Å².